The lowest BCUT2D eigenvalue weighted by Crippen LogP contribution is -2.33. The molecule has 168 valence electrons. The number of ether oxygens (including phenoxy) is 1. The van der Waals surface area contributed by atoms with Crippen molar-refractivity contribution >= 4 is 23.2 Å². The molecule has 1 N–H and O–H groups in total. The van der Waals surface area contributed by atoms with Gasteiger partial charge in [0.2, 0.25) is 11.8 Å². The maximum absolute atomic E-state index is 13.2. The first kappa shape index (κ1) is 24.4. The van der Waals surface area contributed by atoms with Crippen molar-refractivity contribution in [3.63, 3.8) is 0 Å². The summed E-state index contributed by atoms with van der Waals surface area (Å²) >= 11 is 0. The normalized spacial score (nSPS) is 11.2. The monoisotopic (exact) mass is 425 g/mol. The second-order valence-electron chi connectivity index (χ2n) is 9.19. The van der Waals surface area contributed by atoms with Crippen molar-refractivity contribution in [2.24, 2.45) is 5.41 Å². The van der Waals surface area contributed by atoms with Crippen molar-refractivity contribution in [2.45, 2.75) is 40.3 Å². The number of benzene rings is 2. The standard InChI is InChI=1S/C25H35N3O3/c1-25(2,3)15-24(30)28(16-19-10-8-7-9-11-19)17-20-14-21(26-23(29)18-31-6)12-13-22(20)27(4)5/h7-14H,15-18H2,1-6H3,(H,26,29). The van der Waals surface area contributed by atoms with E-state index in [1.54, 1.807) is 0 Å². The Bertz CT molecular complexity index is 873. The Morgan fingerprint density at radius 2 is 1.68 bits per heavy atom. The first-order valence-corrected chi connectivity index (χ1v) is 10.5. The number of nitrogens with one attached hydrogen (secondary N) is 1. The van der Waals surface area contributed by atoms with Crippen LogP contribution in [-0.4, -0.2) is 44.5 Å². The molecule has 0 unspecified atom stereocenters. The van der Waals surface area contributed by atoms with Crippen LogP contribution in [0.5, 0.6) is 0 Å². The Hall–Kier alpha value is -2.86. The number of methoxy groups -OCH3 is 1. The van der Waals surface area contributed by atoms with E-state index in [0.29, 0.717) is 25.2 Å². The molecule has 2 aromatic carbocycles. The number of amides is 2. The predicted molar refractivity (Wildman–Crippen MR) is 126 cm³/mol. The summed E-state index contributed by atoms with van der Waals surface area (Å²) < 4.78 is 4.90. The number of anilines is 2. The highest BCUT2D eigenvalue weighted by molar-refractivity contribution is 5.92. The van der Waals surface area contributed by atoms with Crippen LogP contribution in [0, 0.1) is 5.41 Å². The number of nitrogens with zero attached hydrogens (tertiary/aromatic N) is 2. The van der Waals surface area contributed by atoms with E-state index in [1.807, 2.05) is 72.4 Å². The van der Waals surface area contributed by atoms with Crippen molar-refractivity contribution in [1.82, 2.24) is 4.90 Å². The molecule has 0 saturated heterocycles. The second-order valence-corrected chi connectivity index (χ2v) is 9.19. The molecule has 2 aromatic rings. The van der Waals surface area contributed by atoms with Gasteiger partial charge in [-0.05, 0) is 34.7 Å². The molecule has 6 nitrogen and oxygen atoms in total. The minimum Gasteiger partial charge on any atom is -0.377 e. The van der Waals surface area contributed by atoms with Gasteiger partial charge in [0.25, 0.3) is 0 Å². The average molecular weight is 426 g/mol. The van der Waals surface area contributed by atoms with E-state index >= 15 is 0 Å². The summed E-state index contributed by atoms with van der Waals surface area (Å²) in [5.74, 6) is -0.106. The van der Waals surface area contributed by atoms with Crippen molar-refractivity contribution in [1.29, 1.82) is 0 Å². The molecule has 0 aromatic heterocycles. The minimum absolute atomic E-state index is 0.00499. The SMILES string of the molecule is COCC(=O)Nc1ccc(N(C)C)c(CN(Cc2ccccc2)C(=O)CC(C)(C)C)c1. The Kier molecular flexibility index (Phi) is 8.63. The molecule has 2 rings (SSSR count). The zero-order valence-corrected chi connectivity index (χ0v) is 19.6. The van der Waals surface area contributed by atoms with Gasteiger partial charge >= 0.3 is 0 Å². The van der Waals surface area contributed by atoms with Crippen LogP contribution in [0.15, 0.2) is 48.5 Å². The van der Waals surface area contributed by atoms with Gasteiger partial charge in [-0.15, -0.1) is 0 Å². The lowest BCUT2D eigenvalue weighted by Gasteiger charge is -2.29. The van der Waals surface area contributed by atoms with E-state index in [0.717, 1.165) is 16.8 Å². The summed E-state index contributed by atoms with van der Waals surface area (Å²) in [6.07, 6.45) is 0.460. The number of carbonyl (C=O) groups excluding carboxylic acids is 2. The van der Waals surface area contributed by atoms with Gasteiger partial charge in [0.15, 0.2) is 0 Å². The zero-order chi connectivity index (χ0) is 23.0. The molecule has 0 heterocycles. The molecule has 0 bridgehead atoms. The van der Waals surface area contributed by atoms with Crippen LogP contribution >= 0.6 is 0 Å². The van der Waals surface area contributed by atoms with Crippen molar-refractivity contribution in [3.8, 4) is 0 Å². The third kappa shape index (κ3) is 8.06. The molecule has 2 amide bonds. The first-order chi connectivity index (χ1) is 14.6. The van der Waals surface area contributed by atoms with Crippen LogP contribution < -0.4 is 10.2 Å². The number of hydrogen-bond donors (Lipinski definition) is 1. The highest BCUT2D eigenvalue weighted by atomic mass is 16.5. The molecule has 0 saturated carbocycles. The van der Waals surface area contributed by atoms with E-state index in [9.17, 15) is 9.59 Å². The Balaban J connectivity index is 2.35. The van der Waals surface area contributed by atoms with Gasteiger partial charge in [-0.3, -0.25) is 9.59 Å². The van der Waals surface area contributed by atoms with Crippen LogP contribution in [0.1, 0.15) is 38.3 Å². The lowest BCUT2D eigenvalue weighted by molar-refractivity contribution is -0.134. The van der Waals surface area contributed by atoms with Crippen LogP contribution in [0.4, 0.5) is 11.4 Å². The third-order valence-electron chi connectivity index (χ3n) is 4.73. The zero-order valence-electron chi connectivity index (χ0n) is 19.6. The minimum atomic E-state index is -0.212. The summed E-state index contributed by atoms with van der Waals surface area (Å²) in [5, 5.41) is 2.85. The fourth-order valence-electron chi connectivity index (χ4n) is 3.36. The van der Waals surface area contributed by atoms with E-state index in [4.69, 9.17) is 4.74 Å². The largest absolute Gasteiger partial charge is 0.377 e. The van der Waals surface area contributed by atoms with E-state index in [2.05, 4.69) is 26.1 Å². The third-order valence-corrected chi connectivity index (χ3v) is 4.73. The summed E-state index contributed by atoms with van der Waals surface area (Å²) in [5.41, 5.74) is 3.64. The van der Waals surface area contributed by atoms with Gasteiger partial charge in [-0.25, -0.2) is 0 Å². The summed E-state index contributed by atoms with van der Waals surface area (Å²) in [6, 6.07) is 15.8. The molecular formula is C25H35N3O3. The number of hydrogen-bond acceptors (Lipinski definition) is 4. The second kappa shape index (κ2) is 11.0. The highest BCUT2D eigenvalue weighted by Crippen LogP contribution is 2.27. The van der Waals surface area contributed by atoms with Gasteiger partial charge in [0.05, 0.1) is 0 Å². The molecule has 0 aliphatic heterocycles. The van der Waals surface area contributed by atoms with Crippen LogP contribution in [0.2, 0.25) is 0 Å². The first-order valence-electron chi connectivity index (χ1n) is 10.5. The fourth-order valence-corrected chi connectivity index (χ4v) is 3.36. The van der Waals surface area contributed by atoms with Crippen molar-refractivity contribution in [3.05, 3.63) is 59.7 Å². The molecule has 6 heteroatoms. The van der Waals surface area contributed by atoms with E-state index < -0.39 is 0 Å². The molecule has 0 atom stereocenters. The Morgan fingerprint density at radius 1 is 1.00 bits per heavy atom. The fraction of sp³-hybridized carbons (Fsp3) is 0.440. The van der Waals surface area contributed by atoms with Gasteiger partial charge < -0.3 is 19.9 Å². The molecule has 0 aliphatic rings. The number of rotatable bonds is 9. The Morgan fingerprint density at radius 3 is 2.26 bits per heavy atom. The van der Waals surface area contributed by atoms with Crippen LogP contribution in [0.25, 0.3) is 0 Å². The van der Waals surface area contributed by atoms with Crippen LogP contribution in [-0.2, 0) is 27.4 Å². The highest BCUT2D eigenvalue weighted by Gasteiger charge is 2.23. The maximum Gasteiger partial charge on any atom is 0.250 e. The smallest absolute Gasteiger partial charge is 0.250 e. The van der Waals surface area contributed by atoms with Crippen molar-refractivity contribution in [2.75, 3.05) is 38.0 Å². The summed E-state index contributed by atoms with van der Waals surface area (Å²) in [7, 11) is 5.43. The summed E-state index contributed by atoms with van der Waals surface area (Å²) in [6.45, 7) is 7.19. The number of carbonyl (C=O) groups is 2. The van der Waals surface area contributed by atoms with Gasteiger partial charge in [-0.2, -0.15) is 0 Å². The molecule has 0 fully saturated rings. The molecule has 0 spiro atoms. The van der Waals surface area contributed by atoms with E-state index in [1.165, 1.54) is 7.11 Å². The van der Waals surface area contributed by atoms with E-state index in [-0.39, 0.29) is 23.8 Å². The molecular weight excluding hydrogens is 390 g/mol. The predicted octanol–water partition coefficient (Wildman–Crippen LogP) is 4.30. The average Bonchev–Trinajstić information content (AvgIpc) is 2.67. The topological polar surface area (TPSA) is 61.9 Å². The Labute approximate surface area is 186 Å². The molecule has 0 aliphatic carbocycles. The molecule has 0 radical (unpaired) electrons. The maximum atomic E-state index is 13.2. The van der Waals surface area contributed by atoms with Crippen LogP contribution in [0.3, 0.4) is 0 Å². The van der Waals surface area contributed by atoms with Crippen molar-refractivity contribution < 1.29 is 14.3 Å². The van der Waals surface area contributed by atoms with Gasteiger partial charge in [0, 0.05) is 52.1 Å². The summed E-state index contributed by atoms with van der Waals surface area (Å²) in [4.78, 5) is 29.1. The lowest BCUT2D eigenvalue weighted by atomic mass is 9.91. The molecule has 31 heavy (non-hydrogen) atoms. The van der Waals surface area contributed by atoms with Gasteiger partial charge in [0.1, 0.15) is 6.61 Å². The van der Waals surface area contributed by atoms with Gasteiger partial charge in [-0.1, -0.05) is 51.1 Å². The quantitative estimate of drug-likeness (QED) is 0.651.